The number of nitrogens with zero attached hydrogens (tertiary/aromatic N) is 2. The molecule has 0 aliphatic heterocycles. The lowest BCUT2D eigenvalue weighted by Crippen LogP contribution is -2.16. The Labute approximate surface area is 114 Å². The summed E-state index contributed by atoms with van der Waals surface area (Å²) in [7, 11) is 0. The molecule has 0 aliphatic rings. The van der Waals surface area contributed by atoms with E-state index in [9.17, 15) is 9.18 Å². The lowest BCUT2D eigenvalue weighted by Gasteiger charge is -2.07. The number of para-hydroxylation sites is 1. The van der Waals surface area contributed by atoms with E-state index in [0.29, 0.717) is 6.54 Å². The van der Waals surface area contributed by atoms with Gasteiger partial charge < -0.3 is 11.1 Å². The molecule has 0 aliphatic carbocycles. The zero-order valence-electron chi connectivity index (χ0n) is 10.2. The van der Waals surface area contributed by atoms with Gasteiger partial charge in [-0.25, -0.2) is 4.39 Å². The van der Waals surface area contributed by atoms with Crippen LogP contribution in [0.1, 0.15) is 17.4 Å². The lowest BCUT2D eigenvalue weighted by atomic mass is 10.3. The monoisotopic (exact) mass is 282 g/mol. The third-order valence-electron chi connectivity index (χ3n) is 2.53. The molecule has 7 heteroatoms. The predicted octanol–water partition coefficient (Wildman–Crippen LogP) is 2.53. The molecule has 0 radical (unpaired) electrons. The molecule has 0 saturated carbocycles. The number of aryl methyl sites for hydroxylation is 1. The summed E-state index contributed by atoms with van der Waals surface area (Å²) in [5.41, 5.74) is 5.86. The van der Waals surface area contributed by atoms with E-state index in [-0.39, 0.29) is 22.1 Å². The normalized spacial score (nSPS) is 10.5. The highest BCUT2D eigenvalue weighted by molar-refractivity contribution is 6.34. The Morgan fingerprint density at radius 2 is 2.32 bits per heavy atom. The van der Waals surface area contributed by atoms with Crippen LogP contribution >= 0.6 is 11.6 Å². The number of nitrogens with one attached hydrogen (secondary N) is 1. The van der Waals surface area contributed by atoms with E-state index < -0.39 is 11.7 Å². The van der Waals surface area contributed by atoms with Crippen molar-refractivity contribution >= 4 is 28.9 Å². The van der Waals surface area contributed by atoms with Crippen LogP contribution in [0.3, 0.4) is 0 Å². The minimum absolute atomic E-state index is 0.0427. The van der Waals surface area contributed by atoms with Crippen LogP contribution < -0.4 is 11.1 Å². The molecule has 5 nitrogen and oxygen atoms in total. The summed E-state index contributed by atoms with van der Waals surface area (Å²) in [5.74, 6) is -1.22. The summed E-state index contributed by atoms with van der Waals surface area (Å²) in [6, 6.07) is 4.14. The average Bonchev–Trinajstić information content (AvgIpc) is 2.75. The molecule has 0 unspecified atom stereocenters. The second-order valence-corrected chi connectivity index (χ2v) is 4.25. The van der Waals surface area contributed by atoms with Gasteiger partial charge in [-0.2, -0.15) is 5.10 Å². The molecule has 1 heterocycles. The molecule has 3 N–H and O–H groups in total. The quantitative estimate of drug-likeness (QED) is 0.908. The van der Waals surface area contributed by atoms with Crippen molar-refractivity contribution in [1.82, 2.24) is 9.78 Å². The van der Waals surface area contributed by atoms with Gasteiger partial charge in [-0.05, 0) is 19.1 Å². The molecular weight excluding hydrogens is 271 g/mol. The highest BCUT2D eigenvalue weighted by atomic mass is 35.5. The number of carbonyl (C=O) groups is 1. The van der Waals surface area contributed by atoms with E-state index in [1.807, 2.05) is 6.92 Å². The average molecular weight is 283 g/mol. The van der Waals surface area contributed by atoms with Crippen molar-refractivity contribution in [2.75, 3.05) is 11.1 Å². The van der Waals surface area contributed by atoms with Crippen LogP contribution in [0.5, 0.6) is 0 Å². The molecule has 100 valence electrons. The van der Waals surface area contributed by atoms with Crippen LogP contribution in [0, 0.1) is 5.82 Å². The number of anilines is 2. The first kappa shape index (κ1) is 13.4. The second kappa shape index (κ2) is 5.27. The highest BCUT2D eigenvalue weighted by Gasteiger charge is 2.17. The minimum Gasteiger partial charge on any atom is -0.396 e. The number of hydrogen-bond acceptors (Lipinski definition) is 3. The smallest absolute Gasteiger partial charge is 0.278 e. The molecule has 0 spiro atoms. The summed E-state index contributed by atoms with van der Waals surface area (Å²) >= 11 is 5.82. The number of rotatable bonds is 3. The Kier molecular flexibility index (Phi) is 3.71. The molecule has 0 bridgehead atoms. The van der Waals surface area contributed by atoms with Gasteiger partial charge in [-0.3, -0.25) is 9.48 Å². The summed E-state index contributed by atoms with van der Waals surface area (Å²) < 4.78 is 15.1. The van der Waals surface area contributed by atoms with E-state index in [1.165, 1.54) is 29.1 Å². The zero-order valence-corrected chi connectivity index (χ0v) is 10.9. The number of nitrogen functional groups attached to an aromatic ring is 1. The molecule has 1 amide bonds. The molecule has 0 fully saturated rings. The first-order chi connectivity index (χ1) is 9.02. The molecule has 0 atom stereocenters. The van der Waals surface area contributed by atoms with Crippen molar-refractivity contribution in [3.63, 3.8) is 0 Å². The standard InChI is InChI=1S/C12H12ClFN4O/c1-2-18-6-9(15)11(17-18)12(19)16-10-7(13)4-3-5-8(10)14/h3-6H,2,15H2,1H3,(H,16,19). The summed E-state index contributed by atoms with van der Waals surface area (Å²) in [6.45, 7) is 2.44. The Morgan fingerprint density at radius 3 is 2.89 bits per heavy atom. The topological polar surface area (TPSA) is 72.9 Å². The summed E-state index contributed by atoms with van der Waals surface area (Å²) in [5, 5.41) is 6.48. The molecule has 0 saturated heterocycles. The third kappa shape index (κ3) is 2.68. The molecule has 2 rings (SSSR count). The Bertz CT molecular complexity index is 606. The van der Waals surface area contributed by atoms with Crippen molar-refractivity contribution < 1.29 is 9.18 Å². The van der Waals surface area contributed by atoms with Gasteiger partial charge in [0.05, 0.1) is 16.4 Å². The maximum absolute atomic E-state index is 13.5. The zero-order chi connectivity index (χ0) is 14.0. The van der Waals surface area contributed by atoms with Gasteiger partial charge in [0, 0.05) is 12.7 Å². The fourth-order valence-electron chi connectivity index (χ4n) is 1.57. The van der Waals surface area contributed by atoms with E-state index in [2.05, 4.69) is 10.4 Å². The van der Waals surface area contributed by atoms with Crippen LogP contribution in [0.4, 0.5) is 15.8 Å². The Hall–Kier alpha value is -2.08. The number of carbonyl (C=O) groups excluding carboxylic acids is 1. The van der Waals surface area contributed by atoms with Gasteiger partial charge in [-0.1, -0.05) is 17.7 Å². The lowest BCUT2D eigenvalue weighted by molar-refractivity contribution is 0.102. The van der Waals surface area contributed by atoms with Crippen LogP contribution in [-0.2, 0) is 6.54 Å². The molecule has 1 aromatic heterocycles. The second-order valence-electron chi connectivity index (χ2n) is 3.84. The van der Waals surface area contributed by atoms with Crippen molar-refractivity contribution in [3.8, 4) is 0 Å². The van der Waals surface area contributed by atoms with E-state index in [0.717, 1.165) is 0 Å². The van der Waals surface area contributed by atoms with Crippen molar-refractivity contribution in [2.24, 2.45) is 0 Å². The first-order valence-corrected chi connectivity index (χ1v) is 5.99. The number of halogens is 2. The maximum Gasteiger partial charge on any atom is 0.278 e. The highest BCUT2D eigenvalue weighted by Crippen LogP contribution is 2.25. The van der Waals surface area contributed by atoms with Gasteiger partial charge in [0.15, 0.2) is 5.69 Å². The SMILES string of the molecule is CCn1cc(N)c(C(=O)Nc2c(F)cccc2Cl)n1. The third-order valence-corrected chi connectivity index (χ3v) is 2.85. The minimum atomic E-state index is -0.616. The number of aromatic nitrogens is 2. The van der Waals surface area contributed by atoms with Gasteiger partial charge in [0.2, 0.25) is 0 Å². The number of benzene rings is 1. The van der Waals surface area contributed by atoms with Crippen molar-refractivity contribution in [3.05, 3.63) is 40.9 Å². The van der Waals surface area contributed by atoms with Crippen LogP contribution in [-0.4, -0.2) is 15.7 Å². The van der Waals surface area contributed by atoms with Crippen molar-refractivity contribution in [1.29, 1.82) is 0 Å². The van der Waals surface area contributed by atoms with Gasteiger partial charge in [-0.15, -0.1) is 0 Å². The van der Waals surface area contributed by atoms with Crippen molar-refractivity contribution in [2.45, 2.75) is 13.5 Å². The fraction of sp³-hybridized carbons (Fsp3) is 0.167. The summed E-state index contributed by atoms with van der Waals surface area (Å²) in [4.78, 5) is 12.0. The van der Waals surface area contributed by atoms with Gasteiger partial charge in [0.1, 0.15) is 5.82 Å². The Morgan fingerprint density at radius 1 is 1.58 bits per heavy atom. The number of hydrogen-bond donors (Lipinski definition) is 2. The fourth-order valence-corrected chi connectivity index (χ4v) is 1.78. The van der Waals surface area contributed by atoms with E-state index in [4.69, 9.17) is 17.3 Å². The van der Waals surface area contributed by atoms with Crippen LogP contribution in [0.25, 0.3) is 0 Å². The predicted molar refractivity (Wildman–Crippen MR) is 71.7 cm³/mol. The number of nitrogens with two attached hydrogens (primary N) is 1. The van der Waals surface area contributed by atoms with Crippen LogP contribution in [0.15, 0.2) is 24.4 Å². The summed E-state index contributed by atoms with van der Waals surface area (Å²) in [6.07, 6.45) is 1.54. The van der Waals surface area contributed by atoms with Gasteiger partial charge >= 0.3 is 0 Å². The molecule has 19 heavy (non-hydrogen) atoms. The van der Waals surface area contributed by atoms with E-state index in [1.54, 1.807) is 0 Å². The molecular formula is C12H12ClFN4O. The Balaban J connectivity index is 2.28. The van der Waals surface area contributed by atoms with Gasteiger partial charge in [0.25, 0.3) is 5.91 Å². The maximum atomic E-state index is 13.5. The molecule has 2 aromatic rings. The van der Waals surface area contributed by atoms with Crippen LogP contribution in [0.2, 0.25) is 5.02 Å². The first-order valence-electron chi connectivity index (χ1n) is 5.61. The molecule has 1 aromatic carbocycles. The number of amides is 1. The largest absolute Gasteiger partial charge is 0.396 e. The van der Waals surface area contributed by atoms with E-state index >= 15 is 0 Å².